The van der Waals surface area contributed by atoms with Crippen molar-refractivity contribution < 1.29 is 63.0 Å². The first-order valence-electron chi connectivity index (χ1n) is 4.91. The smallest absolute Gasteiger partial charge is 0.469 e. The van der Waals surface area contributed by atoms with Crippen molar-refractivity contribution in [3.8, 4) is 0 Å². The molecule has 3 atom stereocenters. The van der Waals surface area contributed by atoms with Gasteiger partial charge in [0.25, 0.3) is 0 Å². The Labute approximate surface area is 116 Å². The molecular weight excluding hydrogens is 342 g/mol. The molecule has 0 rings (SSSR count). The molecule has 21 heavy (non-hydrogen) atoms. The normalized spacial score (nSPS) is 18.8. The van der Waals surface area contributed by atoms with Gasteiger partial charge in [-0.15, -0.1) is 0 Å². The maximum absolute atomic E-state index is 10.8. The van der Waals surface area contributed by atoms with E-state index in [4.69, 9.17) is 24.7 Å². The Hall–Kier alpha value is -0.430. The topological polar surface area (TPSA) is 232 Å². The first-order chi connectivity index (χ1) is 9.19. The Morgan fingerprint density at radius 2 is 1.48 bits per heavy atom. The SMILES string of the molecule is O=C(O)[C@](O)(COP(=O)(O)O)[C@H](O)[C@@H](O)COP(=O)(O)O. The van der Waals surface area contributed by atoms with E-state index in [2.05, 4.69) is 9.05 Å². The van der Waals surface area contributed by atoms with Crippen LogP contribution in [0, 0.1) is 0 Å². The number of carboxylic acid groups (broad SMARTS) is 1. The minimum Gasteiger partial charge on any atom is -0.479 e. The van der Waals surface area contributed by atoms with Crippen LogP contribution in [0.3, 0.4) is 0 Å². The summed E-state index contributed by atoms with van der Waals surface area (Å²) in [7, 11) is -10.2. The molecule has 0 aromatic carbocycles. The van der Waals surface area contributed by atoms with Gasteiger partial charge in [0.05, 0.1) is 6.61 Å². The molecule has 0 radical (unpaired) electrons. The number of aliphatic carboxylic acids is 1. The van der Waals surface area contributed by atoms with Gasteiger partial charge in [-0.25, -0.2) is 13.9 Å². The number of aliphatic hydroxyl groups excluding tert-OH is 2. The third-order valence-corrected chi connectivity index (χ3v) is 3.04. The summed E-state index contributed by atoms with van der Waals surface area (Å²) in [6, 6.07) is 0. The fourth-order valence-electron chi connectivity index (χ4n) is 1.04. The lowest BCUT2D eigenvalue weighted by atomic mass is 9.94. The van der Waals surface area contributed by atoms with Gasteiger partial charge in [0.15, 0.2) is 0 Å². The molecule has 0 aromatic heterocycles. The lowest BCUT2D eigenvalue weighted by molar-refractivity contribution is -0.190. The van der Waals surface area contributed by atoms with Crippen LogP contribution < -0.4 is 0 Å². The van der Waals surface area contributed by atoms with Gasteiger partial charge < -0.3 is 40.0 Å². The Bertz CT molecular complexity index is 452. The van der Waals surface area contributed by atoms with Crippen molar-refractivity contribution in [1.82, 2.24) is 0 Å². The third kappa shape index (κ3) is 7.40. The maximum atomic E-state index is 10.8. The lowest BCUT2D eigenvalue weighted by Crippen LogP contribution is -2.58. The van der Waals surface area contributed by atoms with E-state index in [-0.39, 0.29) is 0 Å². The van der Waals surface area contributed by atoms with Crippen LogP contribution in [0.5, 0.6) is 0 Å². The molecule has 0 aliphatic heterocycles. The van der Waals surface area contributed by atoms with Gasteiger partial charge in [-0.2, -0.15) is 0 Å². The number of hydrogen-bond donors (Lipinski definition) is 8. The summed E-state index contributed by atoms with van der Waals surface area (Å²) in [5, 5.41) is 37.1. The highest BCUT2D eigenvalue weighted by Crippen LogP contribution is 2.38. The molecule has 0 saturated heterocycles. The minimum absolute atomic E-state index is 1.27. The van der Waals surface area contributed by atoms with E-state index in [1.54, 1.807) is 0 Å². The van der Waals surface area contributed by atoms with Crippen LogP contribution in [-0.4, -0.2) is 77.0 Å². The van der Waals surface area contributed by atoms with E-state index in [9.17, 15) is 29.2 Å². The predicted octanol–water partition coefficient (Wildman–Crippen LogP) is -3.26. The van der Waals surface area contributed by atoms with Gasteiger partial charge in [0.2, 0.25) is 5.60 Å². The standard InChI is InChI=1S/C6H14O13P2/c7-3(1-18-20(12,13)14)4(8)6(11,5(9)10)2-19-21(15,16)17/h3-4,7-8,11H,1-2H2,(H,9,10)(H2,12,13,14)(H2,15,16,17)/t3-,4+,6-/m0/s1. The molecule has 0 fully saturated rings. The molecule has 0 amide bonds. The van der Waals surface area contributed by atoms with Gasteiger partial charge >= 0.3 is 21.6 Å². The molecule has 8 N–H and O–H groups in total. The van der Waals surface area contributed by atoms with Crippen LogP contribution in [0.25, 0.3) is 0 Å². The van der Waals surface area contributed by atoms with Gasteiger partial charge in [-0.05, 0) is 0 Å². The lowest BCUT2D eigenvalue weighted by Gasteiger charge is -2.31. The zero-order valence-electron chi connectivity index (χ0n) is 10.1. The molecule has 15 heteroatoms. The van der Waals surface area contributed by atoms with E-state index < -0.39 is 52.6 Å². The van der Waals surface area contributed by atoms with Crippen molar-refractivity contribution in [2.24, 2.45) is 0 Å². The van der Waals surface area contributed by atoms with E-state index in [1.165, 1.54) is 0 Å². The zero-order valence-corrected chi connectivity index (χ0v) is 11.9. The molecule has 126 valence electrons. The van der Waals surface area contributed by atoms with E-state index in [0.717, 1.165) is 0 Å². The number of aliphatic hydroxyl groups is 3. The van der Waals surface area contributed by atoms with Crippen molar-refractivity contribution in [3.05, 3.63) is 0 Å². The van der Waals surface area contributed by atoms with Crippen LogP contribution >= 0.6 is 15.6 Å². The Balaban J connectivity index is 4.97. The van der Waals surface area contributed by atoms with Gasteiger partial charge in [-0.3, -0.25) is 9.05 Å². The van der Waals surface area contributed by atoms with E-state index >= 15 is 0 Å². The molecule has 0 bridgehead atoms. The van der Waals surface area contributed by atoms with Gasteiger partial charge in [0, 0.05) is 0 Å². The largest absolute Gasteiger partial charge is 0.479 e. The zero-order chi connectivity index (χ0) is 17.1. The fourth-order valence-corrected chi connectivity index (χ4v) is 1.75. The van der Waals surface area contributed by atoms with Crippen LogP contribution in [0.2, 0.25) is 0 Å². The number of phosphoric ester groups is 2. The van der Waals surface area contributed by atoms with E-state index in [0.29, 0.717) is 0 Å². The molecule has 0 spiro atoms. The summed E-state index contributed by atoms with van der Waals surface area (Å²) in [5.41, 5.74) is -3.36. The summed E-state index contributed by atoms with van der Waals surface area (Å²) in [6.45, 7) is -2.88. The maximum Gasteiger partial charge on any atom is 0.469 e. The summed E-state index contributed by atoms with van der Waals surface area (Å²) in [4.78, 5) is 44.4. The Morgan fingerprint density at radius 3 is 1.81 bits per heavy atom. The summed E-state index contributed by atoms with van der Waals surface area (Å²) < 4.78 is 28.4. The minimum atomic E-state index is -5.19. The van der Waals surface area contributed by atoms with Gasteiger partial charge in [0.1, 0.15) is 18.8 Å². The molecule has 0 saturated carbocycles. The van der Waals surface area contributed by atoms with Crippen LogP contribution in [0.15, 0.2) is 0 Å². The van der Waals surface area contributed by atoms with Crippen LogP contribution in [0.1, 0.15) is 0 Å². The van der Waals surface area contributed by atoms with Crippen molar-refractivity contribution in [3.63, 3.8) is 0 Å². The average molecular weight is 356 g/mol. The summed E-state index contributed by atoms with van der Waals surface area (Å²) >= 11 is 0. The second kappa shape index (κ2) is 7.22. The first kappa shape index (κ1) is 20.6. The van der Waals surface area contributed by atoms with Crippen LogP contribution in [-0.2, 0) is 23.0 Å². The number of carbonyl (C=O) groups is 1. The van der Waals surface area contributed by atoms with Crippen molar-refractivity contribution in [2.75, 3.05) is 13.2 Å². The number of hydrogen-bond acceptors (Lipinski definition) is 8. The number of phosphoric acid groups is 2. The predicted molar refractivity (Wildman–Crippen MR) is 60.6 cm³/mol. The molecular formula is C6H14O13P2. The van der Waals surface area contributed by atoms with E-state index in [1.807, 2.05) is 0 Å². The van der Waals surface area contributed by atoms with Crippen molar-refractivity contribution in [2.45, 2.75) is 17.8 Å². The second-order valence-electron chi connectivity index (χ2n) is 3.79. The fraction of sp³-hybridized carbons (Fsp3) is 0.833. The van der Waals surface area contributed by atoms with Crippen LogP contribution in [0.4, 0.5) is 0 Å². The first-order valence-corrected chi connectivity index (χ1v) is 7.97. The van der Waals surface area contributed by atoms with Crippen molar-refractivity contribution in [1.29, 1.82) is 0 Å². The Morgan fingerprint density at radius 1 is 1.05 bits per heavy atom. The average Bonchev–Trinajstić information content (AvgIpc) is 2.29. The molecule has 0 unspecified atom stereocenters. The highest BCUT2D eigenvalue weighted by atomic mass is 31.2. The summed E-state index contributed by atoms with van der Waals surface area (Å²) in [6.07, 6.45) is -4.94. The highest BCUT2D eigenvalue weighted by Gasteiger charge is 2.49. The number of carboxylic acids is 1. The summed E-state index contributed by atoms with van der Waals surface area (Å²) in [5.74, 6) is -2.21. The van der Waals surface area contributed by atoms with Gasteiger partial charge in [-0.1, -0.05) is 0 Å². The molecule has 0 aliphatic carbocycles. The monoisotopic (exact) mass is 356 g/mol. The third-order valence-electron chi connectivity index (χ3n) is 2.09. The highest BCUT2D eigenvalue weighted by molar-refractivity contribution is 7.46. The van der Waals surface area contributed by atoms with Crippen molar-refractivity contribution >= 4 is 21.6 Å². The molecule has 0 aliphatic rings. The molecule has 0 aromatic rings. The molecule has 13 nitrogen and oxygen atoms in total. The quantitative estimate of drug-likeness (QED) is 0.190. The Kier molecular flexibility index (Phi) is 7.07. The number of rotatable bonds is 9. The molecule has 0 heterocycles. The second-order valence-corrected chi connectivity index (χ2v) is 6.27.